The predicted octanol–water partition coefficient (Wildman–Crippen LogP) is 2.71. The van der Waals surface area contributed by atoms with Gasteiger partial charge in [0, 0.05) is 12.6 Å². The summed E-state index contributed by atoms with van der Waals surface area (Å²) in [7, 11) is 0. The number of hydrogen-bond acceptors (Lipinski definition) is 2. The average molecular weight is 313 g/mol. The molecule has 0 unspecified atom stereocenters. The molecule has 1 atom stereocenters. The number of aliphatic carboxylic acids is 1. The third-order valence-electron chi connectivity index (χ3n) is 3.48. The molecule has 0 aromatic heterocycles. The zero-order chi connectivity index (χ0) is 16.3. The van der Waals surface area contributed by atoms with Gasteiger partial charge in [-0.05, 0) is 18.4 Å². The molecule has 1 aromatic carbocycles. The van der Waals surface area contributed by atoms with E-state index in [1.165, 1.54) is 24.3 Å². The lowest BCUT2D eigenvalue weighted by Gasteiger charge is -2.21. The van der Waals surface area contributed by atoms with Crippen LogP contribution in [0, 0.1) is 0 Å². The summed E-state index contributed by atoms with van der Waals surface area (Å²) >= 11 is 0. The van der Waals surface area contributed by atoms with Crippen molar-refractivity contribution in [3.63, 3.8) is 0 Å². The Morgan fingerprint density at radius 3 is 2.41 bits per heavy atom. The third kappa shape index (κ3) is 3.47. The summed E-state index contributed by atoms with van der Waals surface area (Å²) in [6, 6.07) is 5.90. The minimum atomic E-state index is -4.70. The van der Waals surface area contributed by atoms with Crippen molar-refractivity contribution in [3.8, 4) is 0 Å². The second-order valence-electron chi connectivity index (χ2n) is 4.95. The second kappa shape index (κ2) is 6.21. The van der Waals surface area contributed by atoms with E-state index in [0.717, 1.165) is 4.90 Å². The van der Waals surface area contributed by atoms with E-state index in [4.69, 9.17) is 5.11 Å². The molecular weight excluding hydrogens is 299 g/mol. The number of carboxylic acid groups (broad SMARTS) is 1. The zero-order valence-electron chi connectivity index (χ0n) is 11.5. The molecule has 1 amide bonds. The van der Waals surface area contributed by atoms with E-state index in [1.807, 2.05) is 0 Å². The molecule has 1 aliphatic rings. The minimum absolute atomic E-state index is 0.130. The topological polar surface area (TPSA) is 57.6 Å². The number of allylic oxidation sites excluding steroid dienone is 1. The first-order chi connectivity index (χ1) is 10.3. The number of rotatable bonds is 3. The Bertz CT molecular complexity index is 596. The molecule has 1 aromatic rings. The van der Waals surface area contributed by atoms with Crippen molar-refractivity contribution in [1.29, 1.82) is 0 Å². The third-order valence-corrected chi connectivity index (χ3v) is 3.48. The molecule has 0 saturated carbocycles. The second-order valence-corrected chi connectivity index (χ2v) is 4.95. The molecule has 1 saturated heterocycles. The van der Waals surface area contributed by atoms with Gasteiger partial charge >= 0.3 is 12.1 Å². The molecule has 1 N–H and O–H groups in total. The maximum atomic E-state index is 13.2. The lowest BCUT2D eigenvalue weighted by Crippen LogP contribution is -2.39. The van der Waals surface area contributed by atoms with Crippen LogP contribution < -0.4 is 0 Å². The van der Waals surface area contributed by atoms with Gasteiger partial charge in [-0.15, -0.1) is 0 Å². The van der Waals surface area contributed by atoms with Crippen LogP contribution in [-0.2, 0) is 9.59 Å². The van der Waals surface area contributed by atoms with Crippen molar-refractivity contribution in [2.24, 2.45) is 0 Å². The Morgan fingerprint density at radius 1 is 1.23 bits per heavy atom. The van der Waals surface area contributed by atoms with E-state index in [1.54, 1.807) is 6.07 Å². The molecule has 0 spiro atoms. The van der Waals surface area contributed by atoms with Crippen molar-refractivity contribution in [2.45, 2.75) is 25.1 Å². The molecular formula is C15H14F3NO3. The summed E-state index contributed by atoms with van der Waals surface area (Å²) in [4.78, 5) is 24.1. The van der Waals surface area contributed by atoms with Crippen molar-refractivity contribution >= 4 is 17.4 Å². The highest BCUT2D eigenvalue weighted by Crippen LogP contribution is 2.34. The van der Waals surface area contributed by atoms with E-state index in [0.29, 0.717) is 12.5 Å². The van der Waals surface area contributed by atoms with Crippen LogP contribution in [0.2, 0.25) is 0 Å². The number of benzene rings is 1. The number of carboxylic acids is 1. The zero-order valence-corrected chi connectivity index (χ0v) is 11.5. The van der Waals surface area contributed by atoms with Gasteiger partial charge in [-0.3, -0.25) is 4.79 Å². The van der Waals surface area contributed by atoms with E-state index >= 15 is 0 Å². The van der Waals surface area contributed by atoms with Gasteiger partial charge in [0.2, 0.25) is 5.91 Å². The fraction of sp³-hybridized carbons (Fsp3) is 0.333. The summed E-state index contributed by atoms with van der Waals surface area (Å²) in [5.74, 6) is -2.13. The van der Waals surface area contributed by atoms with E-state index in [2.05, 4.69) is 0 Å². The maximum absolute atomic E-state index is 13.2. The number of likely N-dealkylation sites (tertiary alicyclic amines) is 1. The van der Waals surface area contributed by atoms with Crippen molar-refractivity contribution in [1.82, 2.24) is 4.90 Å². The van der Waals surface area contributed by atoms with Gasteiger partial charge in [0.05, 0.1) is 5.57 Å². The minimum Gasteiger partial charge on any atom is -0.480 e. The van der Waals surface area contributed by atoms with Gasteiger partial charge in [-0.25, -0.2) is 4.79 Å². The van der Waals surface area contributed by atoms with Gasteiger partial charge in [-0.1, -0.05) is 30.3 Å². The van der Waals surface area contributed by atoms with E-state index in [-0.39, 0.29) is 18.5 Å². The van der Waals surface area contributed by atoms with Gasteiger partial charge in [0.15, 0.2) is 0 Å². The van der Waals surface area contributed by atoms with Crippen LogP contribution in [-0.4, -0.2) is 40.6 Å². The Morgan fingerprint density at radius 2 is 1.86 bits per heavy atom. The summed E-state index contributed by atoms with van der Waals surface area (Å²) in [5, 5.41) is 9.01. The Hall–Kier alpha value is -2.31. The van der Waals surface area contributed by atoms with E-state index in [9.17, 15) is 22.8 Å². The molecule has 7 heteroatoms. The number of carbonyl (C=O) groups excluding carboxylic acids is 1. The number of amides is 1. The maximum Gasteiger partial charge on any atom is 0.417 e. The lowest BCUT2D eigenvalue weighted by molar-refractivity contribution is -0.146. The standard InChI is InChI=1S/C15H14F3NO3/c16-15(17,18)11(10-5-2-1-3-6-10)9-13(20)19-8-4-7-12(19)14(21)22/h1-3,5-6,9,12H,4,7-8H2,(H,21,22)/b11-9-/t12-/m1/s1. The molecule has 118 valence electrons. The highest BCUT2D eigenvalue weighted by Gasteiger charge is 2.38. The molecule has 1 heterocycles. The fourth-order valence-electron chi connectivity index (χ4n) is 2.44. The van der Waals surface area contributed by atoms with Crippen LogP contribution in [0.3, 0.4) is 0 Å². The lowest BCUT2D eigenvalue weighted by atomic mass is 10.0. The monoisotopic (exact) mass is 313 g/mol. The smallest absolute Gasteiger partial charge is 0.417 e. The summed E-state index contributed by atoms with van der Waals surface area (Å²) in [6.45, 7) is 0.145. The van der Waals surface area contributed by atoms with Gasteiger partial charge in [-0.2, -0.15) is 13.2 Å². The van der Waals surface area contributed by atoms with Crippen LogP contribution in [0.4, 0.5) is 13.2 Å². The Kier molecular flexibility index (Phi) is 4.54. The first kappa shape index (κ1) is 16.1. The molecule has 0 aliphatic carbocycles. The van der Waals surface area contributed by atoms with Gasteiger partial charge in [0.1, 0.15) is 6.04 Å². The first-order valence-corrected chi connectivity index (χ1v) is 6.68. The molecule has 0 radical (unpaired) electrons. The van der Waals surface area contributed by atoms with Gasteiger partial charge < -0.3 is 10.0 Å². The molecule has 1 aliphatic heterocycles. The largest absolute Gasteiger partial charge is 0.480 e. The van der Waals surface area contributed by atoms with Gasteiger partial charge in [0.25, 0.3) is 0 Å². The summed E-state index contributed by atoms with van der Waals surface area (Å²) in [5.41, 5.74) is -1.21. The van der Waals surface area contributed by atoms with Crippen molar-refractivity contribution < 1.29 is 27.9 Å². The molecule has 1 fully saturated rings. The highest BCUT2D eigenvalue weighted by molar-refractivity contribution is 5.98. The van der Waals surface area contributed by atoms with Crippen molar-refractivity contribution in [3.05, 3.63) is 42.0 Å². The molecule has 4 nitrogen and oxygen atoms in total. The first-order valence-electron chi connectivity index (χ1n) is 6.68. The molecule has 0 bridgehead atoms. The van der Waals surface area contributed by atoms with Crippen LogP contribution in [0.15, 0.2) is 36.4 Å². The number of hydrogen-bond donors (Lipinski definition) is 1. The SMILES string of the molecule is O=C(O)[C@H]1CCCN1C(=O)/C=C(/c1ccccc1)C(F)(F)F. The average Bonchev–Trinajstić information content (AvgIpc) is 2.94. The fourth-order valence-corrected chi connectivity index (χ4v) is 2.44. The van der Waals surface area contributed by atoms with Crippen LogP contribution in [0.5, 0.6) is 0 Å². The number of nitrogens with zero attached hydrogens (tertiary/aromatic N) is 1. The van der Waals surface area contributed by atoms with E-state index < -0.39 is 29.7 Å². The highest BCUT2D eigenvalue weighted by atomic mass is 19.4. The van der Waals surface area contributed by atoms with Crippen LogP contribution >= 0.6 is 0 Å². The number of carbonyl (C=O) groups is 2. The molecule has 2 rings (SSSR count). The van der Waals surface area contributed by atoms with Crippen LogP contribution in [0.25, 0.3) is 5.57 Å². The molecule has 22 heavy (non-hydrogen) atoms. The number of halogens is 3. The quantitative estimate of drug-likeness (QED) is 0.873. The summed E-state index contributed by atoms with van der Waals surface area (Å²) in [6.07, 6.45) is -3.50. The van der Waals surface area contributed by atoms with Crippen LogP contribution in [0.1, 0.15) is 18.4 Å². The Balaban J connectivity index is 2.34. The summed E-state index contributed by atoms with van der Waals surface area (Å²) < 4.78 is 39.5. The Labute approximate surface area is 124 Å². The predicted molar refractivity (Wildman–Crippen MR) is 72.8 cm³/mol. The normalized spacial score (nSPS) is 19.3. The van der Waals surface area contributed by atoms with Crippen molar-refractivity contribution in [2.75, 3.05) is 6.54 Å². The number of alkyl halides is 3.